The average Bonchev–Trinajstić information content (AvgIpc) is 2.48. The van der Waals surface area contributed by atoms with Crippen molar-refractivity contribution in [2.45, 2.75) is 6.10 Å². The maximum atomic E-state index is 10.6. The first-order valence-corrected chi connectivity index (χ1v) is 7.44. The minimum Gasteiger partial charge on any atom is -0.384 e. The number of halogens is 2. The van der Waals surface area contributed by atoms with Gasteiger partial charge in [-0.25, -0.2) is 0 Å². The van der Waals surface area contributed by atoms with Crippen LogP contribution in [-0.2, 0) is 0 Å². The Morgan fingerprint density at radius 3 is 2.45 bits per heavy atom. The van der Waals surface area contributed by atoms with Crippen LogP contribution in [0.25, 0.3) is 10.8 Å². The molecule has 100 valence electrons. The van der Waals surface area contributed by atoms with Crippen molar-refractivity contribution in [3.63, 3.8) is 0 Å². The number of aliphatic hydroxyl groups is 1. The summed E-state index contributed by atoms with van der Waals surface area (Å²) in [4.78, 5) is 0. The third kappa shape index (κ3) is 2.59. The van der Waals surface area contributed by atoms with Crippen LogP contribution in [0.15, 0.2) is 65.1 Å². The fourth-order valence-electron chi connectivity index (χ4n) is 2.28. The number of benzene rings is 3. The molecule has 0 spiro atoms. The number of aliphatic hydroxyl groups excluding tert-OH is 1. The van der Waals surface area contributed by atoms with Crippen LogP contribution >= 0.6 is 27.5 Å². The van der Waals surface area contributed by atoms with Gasteiger partial charge in [0.25, 0.3) is 0 Å². The quantitative estimate of drug-likeness (QED) is 0.663. The Hall–Kier alpha value is -1.35. The first kappa shape index (κ1) is 13.6. The number of hydrogen-bond acceptors (Lipinski definition) is 1. The van der Waals surface area contributed by atoms with E-state index in [4.69, 9.17) is 11.6 Å². The van der Waals surface area contributed by atoms with Crippen molar-refractivity contribution in [1.29, 1.82) is 0 Å². The minimum absolute atomic E-state index is 0.564. The lowest BCUT2D eigenvalue weighted by atomic mass is 9.98. The lowest BCUT2D eigenvalue weighted by Crippen LogP contribution is -2.00. The summed E-state index contributed by atoms with van der Waals surface area (Å²) in [7, 11) is 0. The van der Waals surface area contributed by atoms with Gasteiger partial charge in [0.2, 0.25) is 0 Å². The molecule has 0 aromatic heterocycles. The Labute approximate surface area is 131 Å². The molecule has 3 aromatic carbocycles. The molecule has 1 N–H and O–H groups in total. The maximum absolute atomic E-state index is 10.6. The highest BCUT2D eigenvalue weighted by Crippen LogP contribution is 2.31. The highest BCUT2D eigenvalue weighted by molar-refractivity contribution is 9.10. The van der Waals surface area contributed by atoms with E-state index >= 15 is 0 Å². The SMILES string of the molecule is OC(c1ccc2ccccc2c1)c1cc(Br)ccc1Cl. The topological polar surface area (TPSA) is 20.2 Å². The second kappa shape index (κ2) is 5.57. The van der Waals surface area contributed by atoms with E-state index in [9.17, 15) is 5.11 Å². The van der Waals surface area contributed by atoms with E-state index in [2.05, 4.69) is 22.0 Å². The second-order valence-electron chi connectivity index (χ2n) is 4.67. The van der Waals surface area contributed by atoms with Crippen LogP contribution < -0.4 is 0 Å². The third-order valence-corrected chi connectivity index (χ3v) is 4.18. The molecule has 1 atom stereocenters. The molecule has 20 heavy (non-hydrogen) atoms. The molecule has 0 heterocycles. The molecule has 0 radical (unpaired) electrons. The van der Waals surface area contributed by atoms with Crippen LogP contribution in [0.3, 0.4) is 0 Å². The van der Waals surface area contributed by atoms with Gasteiger partial charge in [-0.05, 0) is 40.6 Å². The molecule has 1 unspecified atom stereocenters. The summed E-state index contributed by atoms with van der Waals surface area (Å²) in [5.41, 5.74) is 1.54. The fourth-order valence-corrected chi connectivity index (χ4v) is 2.88. The monoisotopic (exact) mass is 346 g/mol. The predicted molar refractivity (Wildman–Crippen MR) is 87.2 cm³/mol. The summed E-state index contributed by atoms with van der Waals surface area (Å²) in [6.07, 6.45) is -0.732. The molecule has 0 saturated heterocycles. The van der Waals surface area contributed by atoms with Crippen molar-refractivity contribution < 1.29 is 5.11 Å². The smallest absolute Gasteiger partial charge is 0.106 e. The van der Waals surface area contributed by atoms with Gasteiger partial charge in [0, 0.05) is 15.1 Å². The van der Waals surface area contributed by atoms with Crippen molar-refractivity contribution in [2.75, 3.05) is 0 Å². The Morgan fingerprint density at radius 1 is 0.900 bits per heavy atom. The van der Waals surface area contributed by atoms with E-state index in [-0.39, 0.29) is 0 Å². The van der Waals surface area contributed by atoms with Gasteiger partial charge < -0.3 is 5.11 Å². The zero-order chi connectivity index (χ0) is 14.1. The van der Waals surface area contributed by atoms with E-state index in [1.165, 1.54) is 0 Å². The standard InChI is InChI=1S/C17H12BrClO/c18-14-7-8-16(19)15(10-14)17(20)13-6-5-11-3-1-2-4-12(11)9-13/h1-10,17,20H. The second-order valence-corrected chi connectivity index (χ2v) is 6.00. The molecule has 0 bridgehead atoms. The molecule has 0 saturated carbocycles. The molecule has 0 amide bonds. The van der Waals surface area contributed by atoms with Crippen molar-refractivity contribution in [2.24, 2.45) is 0 Å². The van der Waals surface area contributed by atoms with E-state index < -0.39 is 6.10 Å². The van der Waals surface area contributed by atoms with Crippen LogP contribution in [0, 0.1) is 0 Å². The third-order valence-electron chi connectivity index (χ3n) is 3.34. The number of fused-ring (bicyclic) bond motifs is 1. The van der Waals surface area contributed by atoms with Crippen molar-refractivity contribution >= 4 is 38.3 Å². The maximum Gasteiger partial charge on any atom is 0.106 e. The van der Waals surface area contributed by atoms with Gasteiger partial charge in [-0.1, -0.05) is 63.9 Å². The van der Waals surface area contributed by atoms with Gasteiger partial charge in [-0.2, -0.15) is 0 Å². The van der Waals surface area contributed by atoms with Crippen molar-refractivity contribution in [3.05, 3.63) is 81.3 Å². The van der Waals surface area contributed by atoms with Gasteiger partial charge in [0.15, 0.2) is 0 Å². The number of rotatable bonds is 2. The molecule has 0 aliphatic heterocycles. The van der Waals surface area contributed by atoms with E-state index in [0.29, 0.717) is 10.6 Å². The van der Waals surface area contributed by atoms with Gasteiger partial charge >= 0.3 is 0 Å². The van der Waals surface area contributed by atoms with Crippen molar-refractivity contribution in [1.82, 2.24) is 0 Å². The summed E-state index contributed by atoms with van der Waals surface area (Å²) in [6.45, 7) is 0. The van der Waals surface area contributed by atoms with Crippen LogP contribution in [0.2, 0.25) is 5.02 Å². The summed E-state index contributed by atoms with van der Waals surface area (Å²) in [6, 6.07) is 19.5. The van der Waals surface area contributed by atoms with E-state index in [1.54, 1.807) is 6.07 Å². The average molecular weight is 348 g/mol. The summed E-state index contributed by atoms with van der Waals surface area (Å²) in [5.74, 6) is 0. The highest BCUT2D eigenvalue weighted by Gasteiger charge is 2.14. The fraction of sp³-hybridized carbons (Fsp3) is 0.0588. The largest absolute Gasteiger partial charge is 0.384 e. The van der Waals surface area contributed by atoms with Crippen LogP contribution in [0.5, 0.6) is 0 Å². The molecule has 3 heteroatoms. The highest BCUT2D eigenvalue weighted by atomic mass is 79.9. The molecule has 0 aliphatic rings. The molecular formula is C17H12BrClO. The minimum atomic E-state index is -0.732. The first-order chi connectivity index (χ1) is 9.65. The Morgan fingerprint density at radius 2 is 1.65 bits per heavy atom. The lowest BCUT2D eigenvalue weighted by Gasteiger charge is -2.14. The molecule has 3 rings (SSSR count). The van der Waals surface area contributed by atoms with Crippen molar-refractivity contribution in [3.8, 4) is 0 Å². The number of hydrogen-bond donors (Lipinski definition) is 1. The summed E-state index contributed by atoms with van der Waals surface area (Å²) in [5, 5.41) is 13.4. The van der Waals surface area contributed by atoms with E-state index in [1.807, 2.05) is 48.5 Å². The predicted octanol–water partition coefficient (Wildman–Crippen LogP) is 5.34. The van der Waals surface area contributed by atoms with Gasteiger partial charge in [0.05, 0.1) is 0 Å². The van der Waals surface area contributed by atoms with Crippen LogP contribution in [-0.4, -0.2) is 5.11 Å². The van der Waals surface area contributed by atoms with E-state index in [0.717, 1.165) is 20.8 Å². The summed E-state index contributed by atoms with van der Waals surface area (Å²) < 4.78 is 0.900. The Balaban J connectivity index is 2.07. The van der Waals surface area contributed by atoms with Crippen LogP contribution in [0.1, 0.15) is 17.2 Å². The molecule has 0 aliphatic carbocycles. The normalized spacial score (nSPS) is 12.6. The molecule has 1 nitrogen and oxygen atoms in total. The molecule has 0 fully saturated rings. The Kier molecular flexibility index (Phi) is 3.79. The van der Waals surface area contributed by atoms with Gasteiger partial charge in [0.1, 0.15) is 6.10 Å². The van der Waals surface area contributed by atoms with Gasteiger partial charge in [-0.3, -0.25) is 0 Å². The zero-order valence-electron chi connectivity index (χ0n) is 10.6. The summed E-state index contributed by atoms with van der Waals surface area (Å²) >= 11 is 9.59. The first-order valence-electron chi connectivity index (χ1n) is 6.27. The van der Waals surface area contributed by atoms with Gasteiger partial charge in [-0.15, -0.1) is 0 Å². The molecular weight excluding hydrogens is 336 g/mol. The Bertz CT molecular complexity index is 770. The molecule has 3 aromatic rings. The zero-order valence-corrected chi connectivity index (χ0v) is 12.9. The van der Waals surface area contributed by atoms with Crippen LogP contribution in [0.4, 0.5) is 0 Å². The lowest BCUT2D eigenvalue weighted by molar-refractivity contribution is 0.220.